The fourth-order valence-electron chi connectivity index (χ4n) is 4.01. The van der Waals surface area contributed by atoms with Crippen LogP contribution in [0.2, 0.25) is 0 Å². The maximum atomic E-state index is 13.4. The highest BCUT2D eigenvalue weighted by Crippen LogP contribution is 2.43. The van der Waals surface area contributed by atoms with Gasteiger partial charge in [0.25, 0.3) is 11.8 Å². The number of imide groups is 4. The van der Waals surface area contributed by atoms with Gasteiger partial charge >= 0.3 is 35.3 Å². The van der Waals surface area contributed by atoms with E-state index in [1.807, 2.05) is 0 Å². The number of nitrogens with zero attached hydrogens (tertiary/aromatic N) is 5. The smallest absolute Gasteiger partial charge is 0.377 e. The van der Waals surface area contributed by atoms with Crippen LogP contribution in [0.1, 0.15) is 11.1 Å². The van der Waals surface area contributed by atoms with Crippen LogP contribution in [-0.2, 0) is 28.7 Å². The minimum atomic E-state index is -2.89. The lowest BCUT2D eigenvalue weighted by molar-refractivity contribution is -0.216. The molecule has 3 aliphatic rings. The number of amides is 8. The van der Waals surface area contributed by atoms with E-state index in [1.165, 1.54) is 0 Å². The van der Waals surface area contributed by atoms with Gasteiger partial charge < -0.3 is 4.74 Å². The zero-order chi connectivity index (χ0) is 25.3. The number of aliphatic imine (C=N–C) groups is 1. The first kappa shape index (κ1) is 23.0. The van der Waals surface area contributed by atoms with Crippen LogP contribution in [0.25, 0.3) is 0 Å². The molecule has 13 heteroatoms. The third-order valence-corrected chi connectivity index (χ3v) is 6.02. The van der Waals surface area contributed by atoms with Crippen molar-refractivity contribution in [1.29, 1.82) is 0 Å². The standard InChI is InChI=1S/C21H21N5O8/c1-10-8-7-9-11(2)12(10)22-13-20(14(27)23(3)18(31)24(4)15(20)28)34-21(33-13)16(29)25(5)19(32)26(6)17(21)30/h7-9H,1-6H3. The lowest BCUT2D eigenvalue weighted by Gasteiger charge is -2.39. The molecule has 178 valence electrons. The zero-order valence-corrected chi connectivity index (χ0v) is 19.2. The molecule has 0 saturated carbocycles. The van der Waals surface area contributed by atoms with Crippen LogP contribution >= 0.6 is 0 Å². The summed E-state index contributed by atoms with van der Waals surface area (Å²) in [7, 11) is 4.38. The van der Waals surface area contributed by atoms with Crippen molar-refractivity contribution < 1.29 is 38.2 Å². The van der Waals surface area contributed by atoms with Crippen molar-refractivity contribution in [3.8, 4) is 0 Å². The van der Waals surface area contributed by atoms with Crippen LogP contribution in [0.3, 0.4) is 0 Å². The molecule has 2 spiro atoms. The largest absolute Gasteiger partial charge is 0.428 e. The molecule has 34 heavy (non-hydrogen) atoms. The molecule has 4 rings (SSSR count). The quantitative estimate of drug-likeness (QED) is 0.517. The summed E-state index contributed by atoms with van der Waals surface area (Å²) in [4.78, 5) is 84.4. The predicted octanol–water partition coefficient (Wildman–Crippen LogP) is -0.0839. The van der Waals surface area contributed by atoms with E-state index in [4.69, 9.17) is 9.47 Å². The molecule has 0 unspecified atom stereocenters. The number of benzene rings is 1. The number of carbonyl (C=O) groups is 6. The van der Waals surface area contributed by atoms with Gasteiger partial charge in [-0.05, 0) is 25.0 Å². The van der Waals surface area contributed by atoms with Crippen molar-refractivity contribution in [3.63, 3.8) is 0 Å². The van der Waals surface area contributed by atoms with Crippen LogP contribution in [0, 0.1) is 13.8 Å². The van der Waals surface area contributed by atoms with E-state index in [1.54, 1.807) is 32.0 Å². The monoisotopic (exact) mass is 471 g/mol. The Morgan fingerprint density at radius 3 is 1.56 bits per heavy atom. The number of hydrogen-bond acceptors (Lipinski definition) is 9. The molecule has 3 aliphatic heterocycles. The number of carbonyl (C=O) groups excluding carboxylic acids is 6. The molecule has 3 fully saturated rings. The summed E-state index contributed by atoms with van der Waals surface area (Å²) < 4.78 is 11.4. The molecule has 0 atom stereocenters. The van der Waals surface area contributed by atoms with Crippen molar-refractivity contribution in [2.24, 2.45) is 4.99 Å². The van der Waals surface area contributed by atoms with Gasteiger partial charge in [0.1, 0.15) is 0 Å². The van der Waals surface area contributed by atoms with Crippen LogP contribution in [0.15, 0.2) is 23.2 Å². The number of aryl methyl sites for hydroxylation is 2. The molecule has 3 heterocycles. The molecule has 0 bridgehead atoms. The van der Waals surface area contributed by atoms with Crippen molar-refractivity contribution in [2.45, 2.75) is 25.2 Å². The molecule has 3 saturated heterocycles. The molecular weight excluding hydrogens is 450 g/mol. The van der Waals surface area contributed by atoms with Gasteiger partial charge in [-0.25, -0.2) is 14.6 Å². The maximum Gasteiger partial charge on any atom is 0.377 e. The molecule has 8 amide bonds. The first-order valence-electron chi connectivity index (χ1n) is 10.1. The van der Waals surface area contributed by atoms with E-state index in [0.29, 0.717) is 36.4 Å². The van der Waals surface area contributed by atoms with Gasteiger partial charge in [-0.15, -0.1) is 0 Å². The number of ether oxygens (including phenoxy) is 2. The maximum absolute atomic E-state index is 13.4. The van der Waals surface area contributed by atoms with Gasteiger partial charge in [-0.2, -0.15) is 0 Å². The van der Waals surface area contributed by atoms with E-state index in [9.17, 15) is 28.8 Å². The summed E-state index contributed by atoms with van der Waals surface area (Å²) in [6.07, 6.45) is 0. The van der Waals surface area contributed by atoms with Crippen molar-refractivity contribution >= 4 is 47.3 Å². The van der Waals surface area contributed by atoms with Crippen LogP contribution in [0.4, 0.5) is 15.3 Å². The third-order valence-electron chi connectivity index (χ3n) is 6.02. The Kier molecular flexibility index (Phi) is 4.87. The molecule has 13 nitrogen and oxygen atoms in total. The fraction of sp³-hybridized carbons (Fsp3) is 0.381. The van der Waals surface area contributed by atoms with Gasteiger partial charge in [0.15, 0.2) is 0 Å². The highest BCUT2D eigenvalue weighted by molar-refractivity contribution is 6.36. The second-order valence-electron chi connectivity index (χ2n) is 8.18. The average Bonchev–Trinajstić information content (AvgIpc) is 3.16. The van der Waals surface area contributed by atoms with Crippen molar-refractivity contribution in [2.75, 3.05) is 28.2 Å². The molecule has 0 aliphatic carbocycles. The summed E-state index contributed by atoms with van der Waals surface area (Å²) >= 11 is 0. The van der Waals surface area contributed by atoms with E-state index < -0.39 is 53.0 Å². The second kappa shape index (κ2) is 7.18. The summed E-state index contributed by atoms with van der Waals surface area (Å²) in [5, 5.41) is 0. The Balaban J connectivity index is 2.02. The lowest BCUT2D eigenvalue weighted by atomic mass is 9.97. The van der Waals surface area contributed by atoms with Crippen LogP contribution in [0.5, 0.6) is 0 Å². The lowest BCUT2D eigenvalue weighted by Crippen LogP contribution is -2.72. The molecule has 1 aromatic rings. The number of barbiturate groups is 2. The first-order chi connectivity index (χ1) is 15.8. The van der Waals surface area contributed by atoms with Crippen molar-refractivity contribution in [1.82, 2.24) is 19.6 Å². The molecule has 0 N–H and O–H groups in total. The Morgan fingerprint density at radius 2 is 1.12 bits per heavy atom. The van der Waals surface area contributed by atoms with E-state index >= 15 is 0 Å². The fourth-order valence-corrected chi connectivity index (χ4v) is 4.01. The number of hydrogen-bond donors (Lipinski definition) is 0. The van der Waals surface area contributed by atoms with E-state index in [0.717, 1.165) is 28.2 Å². The number of rotatable bonds is 1. The SMILES string of the molecule is Cc1cccc(C)c1N=C1OC2(OC13C(=O)N(C)C(=O)N(C)C3=O)C(=O)N(C)C(=O)N(C)C2=O. The number of para-hydroxylation sites is 1. The molecule has 0 aromatic heterocycles. The van der Waals surface area contributed by atoms with Gasteiger partial charge in [-0.3, -0.25) is 43.5 Å². The minimum absolute atomic E-state index is 0.300. The normalized spacial score (nSPS) is 23.2. The number of likely N-dealkylation sites (N-methyl/N-ethyl adjacent to an activating group) is 4. The van der Waals surface area contributed by atoms with Crippen molar-refractivity contribution in [3.05, 3.63) is 29.3 Å². The first-order valence-corrected chi connectivity index (χ1v) is 10.1. The van der Waals surface area contributed by atoms with Crippen LogP contribution < -0.4 is 0 Å². The van der Waals surface area contributed by atoms with E-state index in [2.05, 4.69) is 4.99 Å². The van der Waals surface area contributed by atoms with Gasteiger partial charge in [0, 0.05) is 28.2 Å². The second-order valence-corrected chi connectivity index (χ2v) is 8.18. The highest BCUT2D eigenvalue weighted by atomic mass is 16.8. The third kappa shape index (κ3) is 2.67. The summed E-state index contributed by atoms with van der Waals surface area (Å²) in [5.74, 6) is -8.51. The summed E-state index contributed by atoms with van der Waals surface area (Å²) in [6, 6.07) is 3.27. The number of urea groups is 2. The molecule has 0 radical (unpaired) electrons. The molecule has 1 aromatic carbocycles. The van der Waals surface area contributed by atoms with Gasteiger partial charge in [0.2, 0.25) is 5.90 Å². The van der Waals surface area contributed by atoms with Gasteiger partial charge in [-0.1, -0.05) is 18.2 Å². The Morgan fingerprint density at radius 1 is 0.706 bits per heavy atom. The average molecular weight is 471 g/mol. The topological polar surface area (TPSA) is 146 Å². The summed E-state index contributed by atoms with van der Waals surface area (Å²) in [6.45, 7) is 3.43. The van der Waals surface area contributed by atoms with Crippen LogP contribution in [-0.4, -0.2) is 101 Å². The summed E-state index contributed by atoms with van der Waals surface area (Å²) in [5.41, 5.74) is -1.20. The predicted molar refractivity (Wildman–Crippen MR) is 113 cm³/mol. The Hall–Kier alpha value is -4.13. The van der Waals surface area contributed by atoms with Gasteiger partial charge in [0.05, 0.1) is 5.69 Å². The Bertz CT molecular complexity index is 1170. The minimum Gasteiger partial charge on any atom is -0.428 e. The zero-order valence-electron chi connectivity index (χ0n) is 19.2. The highest BCUT2D eigenvalue weighted by Gasteiger charge is 2.77. The Labute approximate surface area is 193 Å². The molecular formula is C21H21N5O8. The van der Waals surface area contributed by atoms with E-state index in [-0.39, 0.29) is 0 Å².